The van der Waals surface area contributed by atoms with Gasteiger partial charge >= 0.3 is 0 Å². The number of nitrogens with zero attached hydrogens (tertiary/aromatic N) is 1. The molecule has 1 heterocycles. The van der Waals surface area contributed by atoms with E-state index in [4.69, 9.17) is 0 Å². The molecule has 0 bridgehead atoms. The Kier molecular flexibility index (Phi) is 3.61. The number of H-pyrrole nitrogens is 1. The van der Waals surface area contributed by atoms with Crippen molar-refractivity contribution in [2.24, 2.45) is 0 Å². The number of aromatic nitrogens is 2. The summed E-state index contributed by atoms with van der Waals surface area (Å²) >= 11 is 0. The van der Waals surface area contributed by atoms with Gasteiger partial charge in [-0.2, -0.15) is 0 Å². The molecule has 3 aromatic rings. The third-order valence-corrected chi connectivity index (χ3v) is 3.15. The second-order valence-electron chi connectivity index (χ2n) is 4.74. The largest absolute Gasteiger partial charge is 0.389 e. The summed E-state index contributed by atoms with van der Waals surface area (Å²) in [5, 5.41) is 10.0. The van der Waals surface area contributed by atoms with E-state index >= 15 is 0 Å². The highest BCUT2D eigenvalue weighted by atomic mass is 16.3. The number of aliphatic hydroxyl groups excluding tert-OH is 1. The molecular formula is C17H16N2O. The molecule has 0 amide bonds. The smallest absolute Gasteiger partial charge is 0.110 e. The van der Waals surface area contributed by atoms with E-state index in [0.29, 0.717) is 6.42 Å². The first-order valence-corrected chi connectivity index (χ1v) is 6.66. The molecule has 0 spiro atoms. The maximum Gasteiger partial charge on any atom is 0.110 e. The Morgan fingerprint density at radius 2 is 1.80 bits per heavy atom. The fraction of sp³-hybridized carbons (Fsp3) is 0.118. The van der Waals surface area contributed by atoms with E-state index in [9.17, 15) is 5.11 Å². The Bertz CT molecular complexity index is 683. The third-order valence-electron chi connectivity index (χ3n) is 3.15. The number of hydrogen-bond acceptors (Lipinski definition) is 2. The standard InChI is InChI=1S/C17H16N2O/c20-14(11-10-13-6-2-1-3-7-13)12-17-18-15-8-4-5-9-16(15)19-17/h1-11,14,20H,12H2,(H,18,19)/b11-10-. The number of imidazole rings is 1. The fourth-order valence-corrected chi connectivity index (χ4v) is 2.15. The molecule has 0 aliphatic rings. The van der Waals surface area contributed by atoms with Gasteiger partial charge in [0.15, 0.2) is 0 Å². The monoisotopic (exact) mass is 264 g/mol. The zero-order valence-electron chi connectivity index (χ0n) is 11.0. The Balaban J connectivity index is 1.69. The van der Waals surface area contributed by atoms with Crippen LogP contribution in [-0.4, -0.2) is 21.2 Å². The lowest BCUT2D eigenvalue weighted by atomic mass is 10.1. The average molecular weight is 264 g/mol. The number of nitrogens with one attached hydrogen (secondary N) is 1. The van der Waals surface area contributed by atoms with Crippen LogP contribution in [0.2, 0.25) is 0 Å². The SMILES string of the molecule is OC(/C=C\c1ccccc1)Cc1nc2ccccc2[nH]1. The lowest BCUT2D eigenvalue weighted by molar-refractivity contribution is 0.222. The van der Waals surface area contributed by atoms with Crippen molar-refractivity contribution in [3.8, 4) is 0 Å². The Labute approximate surface area is 117 Å². The Morgan fingerprint density at radius 1 is 1.05 bits per heavy atom. The third kappa shape index (κ3) is 2.95. The molecule has 0 radical (unpaired) electrons. The molecule has 1 aromatic heterocycles. The van der Waals surface area contributed by atoms with Gasteiger partial charge < -0.3 is 10.1 Å². The number of hydrogen-bond donors (Lipinski definition) is 2. The normalized spacial score (nSPS) is 13.1. The van der Waals surface area contributed by atoms with Gasteiger partial charge in [0.25, 0.3) is 0 Å². The molecule has 0 saturated carbocycles. The van der Waals surface area contributed by atoms with E-state index in [1.807, 2.05) is 60.7 Å². The summed E-state index contributed by atoms with van der Waals surface area (Å²) in [5.41, 5.74) is 3.01. The van der Waals surface area contributed by atoms with Gasteiger partial charge in [0.1, 0.15) is 5.82 Å². The van der Waals surface area contributed by atoms with E-state index in [1.165, 1.54) is 0 Å². The molecule has 0 saturated heterocycles. The highest BCUT2D eigenvalue weighted by molar-refractivity contribution is 5.74. The zero-order chi connectivity index (χ0) is 13.8. The summed E-state index contributed by atoms with van der Waals surface area (Å²) in [7, 11) is 0. The molecule has 0 aliphatic heterocycles. The minimum atomic E-state index is -0.546. The van der Waals surface area contributed by atoms with Crippen molar-refractivity contribution in [2.75, 3.05) is 0 Å². The second-order valence-corrected chi connectivity index (χ2v) is 4.74. The number of aromatic amines is 1. The maximum atomic E-state index is 10.0. The molecule has 1 unspecified atom stereocenters. The van der Waals surface area contributed by atoms with Gasteiger partial charge in [0.05, 0.1) is 17.1 Å². The molecule has 1 atom stereocenters. The minimum Gasteiger partial charge on any atom is -0.389 e. The van der Waals surface area contributed by atoms with E-state index in [2.05, 4.69) is 9.97 Å². The summed E-state index contributed by atoms with van der Waals surface area (Å²) in [6.45, 7) is 0. The molecule has 100 valence electrons. The van der Waals surface area contributed by atoms with Crippen molar-refractivity contribution in [1.82, 2.24) is 9.97 Å². The fourth-order valence-electron chi connectivity index (χ4n) is 2.15. The van der Waals surface area contributed by atoms with Gasteiger partial charge in [0, 0.05) is 6.42 Å². The van der Waals surface area contributed by atoms with Gasteiger partial charge in [-0.3, -0.25) is 0 Å². The minimum absolute atomic E-state index is 0.484. The molecule has 3 rings (SSSR count). The van der Waals surface area contributed by atoms with Gasteiger partial charge in [-0.25, -0.2) is 4.98 Å². The van der Waals surface area contributed by atoms with E-state index in [1.54, 1.807) is 6.08 Å². The van der Waals surface area contributed by atoms with Crippen LogP contribution in [0.1, 0.15) is 11.4 Å². The molecular weight excluding hydrogens is 248 g/mol. The number of para-hydroxylation sites is 2. The van der Waals surface area contributed by atoms with Gasteiger partial charge in [0.2, 0.25) is 0 Å². The predicted octanol–water partition coefficient (Wildman–Crippen LogP) is 3.18. The highest BCUT2D eigenvalue weighted by Gasteiger charge is 2.06. The van der Waals surface area contributed by atoms with Crippen LogP contribution in [0.15, 0.2) is 60.7 Å². The molecule has 2 aromatic carbocycles. The topological polar surface area (TPSA) is 48.9 Å². The van der Waals surface area contributed by atoms with Crippen LogP contribution in [0.5, 0.6) is 0 Å². The molecule has 2 N–H and O–H groups in total. The van der Waals surface area contributed by atoms with E-state index in [-0.39, 0.29) is 0 Å². The summed E-state index contributed by atoms with van der Waals surface area (Å²) < 4.78 is 0. The first kappa shape index (κ1) is 12.6. The zero-order valence-corrected chi connectivity index (χ0v) is 11.0. The van der Waals surface area contributed by atoms with Crippen LogP contribution in [0, 0.1) is 0 Å². The molecule has 0 fully saturated rings. The van der Waals surface area contributed by atoms with Crippen LogP contribution in [-0.2, 0) is 6.42 Å². The van der Waals surface area contributed by atoms with Crippen molar-refractivity contribution in [3.63, 3.8) is 0 Å². The van der Waals surface area contributed by atoms with E-state index in [0.717, 1.165) is 22.4 Å². The highest BCUT2D eigenvalue weighted by Crippen LogP contribution is 2.12. The van der Waals surface area contributed by atoms with Crippen LogP contribution < -0.4 is 0 Å². The van der Waals surface area contributed by atoms with Crippen molar-refractivity contribution in [1.29, 1.82) is 0 Å². The maximum absolute atomic E-state index is 10.0. The number of fused-ring (bicyclic) bond motifs is 1. The van der Waals surface area contributed by atoms with Gasteiger partial charge in [-0.05, 0) is 17.7 Å². The van der Waals surface area contributed by atoms with Crippen molar-refractivity contribution in [3.05, 3.63) is 72.1 Å². The number of benzene rings is 2. The van der Waals surface area contributed by atoms with E-state index < -0.39 is 6.10 Å². The number of rotatable bonds is 4. The van der Waals surface area contributed by atoms with Gasteiger partial charge in [-0.1, -0.05) is 54.6 Å². The van der Waals surface area contributed by atoms with Crippen LogP contribution in [0.3, 0.4) is 0 Å². The quantitative estimate of drug-likeness (QED) is 0.760. The molecule has 20 heavy (non-hydrogen) atoms. The average Bonchev–Trinajstić information content (AvgIpc) is 2.88. The number of aliphatic hydroxyl groups is 1. The summed E-state index contributed by atoms with van der Waals surface area (Å²) in [5.74, 6) is 0.802. The Morgan fingerprint density at radius 3 is 2.60 bits per heavy atom. The first-order valence-electron chi connectivity index (χ1n) is 6.66. The van der Waals surface area contributed by atoms with Crippen LogP contribution >= 0.6 is 0 Å². The van der Waals surface area contributed by atoms with Crippen molar-refractivity contribution in [2.45, 2.75) is 12.5 Å². The predicted molar refractivity (Wildman–Crippen MR) is 81.3 cm³/mol. The first-order chi connectivity index (χ1) is 9.81. The lowest BCUT2D eigenvalue weighted by Crippen LogP contribution is -2.07. The molecule has 3 nitrogen and oxygen atoms in total. The summed E-state index contributed by atoms with van der Waals surface area (Å²) in [4.78, 5) is 7.68. The van der Waals surface area contributed by atoms with Crippen LogP contribution in [0.25, 0.3) is 17.1 Å². The summed E-state index contributed by atoms with van der Waals surface area (Å²) in [6.07, 6.45) is 3.66. The summed E-state index contributed by atoms with van der Waals surface area (Å²) in [6, 6.07) is 17.8. The molecule has 3 heteroatoms. The lowest BCUT2D eigenvalue weighted by Gasteiger charge is -2.02. The van der Waals surface area contributed by atoms with Crippen LogP contribution in [0.4, 0.5) is 0 Å². The Hall–Kier alpha value is -2.39. The van der Waals surface area contributed by atoms with Crippen molar-refractivity contribution < 1.29 is 5.11 Å². The molecule has 0 aliphatic carbocycles. The second kappa shape index (κ2) is 5.72. The van der Waals surface area contributed by atoms with Gasteiger partial charge in [-0.15, -0.1) is 0 Å². The van der Waals surface area contributed by atoms with Crippen molar-refractivity contribution >= 4 is 17.1 Å².